The molecule has 0 aliphatic carbocycles. The SMILES string of the molecule is Cc1cc(Br)cc(C2=NC(C)c3cccc(C(C)C)c3N2)c1. The van der Waals surface area contributed by atoms with Crippen molar-refractivity contribution < 1.29 is 0 Å². The molecule has 0 spiro atoms. The topological polar surface area (TPSA) is 24.4 Å². The number of aliphatic imine (C=N–C) groups is 1. The summed E-state index contributed by atoms with van der Waals surface area (Å²) in [6.07, 6.45) is 0. The molecule has 0 amide bonds. The minimum Gasteiger partial charge on any atom is -0.339 e. The number of amidine groups is 1. The number of nitrogens with one attached hydrogen (secondary N) is 1. The molecule has 0 radical (unpaired) electrons. The molecule has 22 heavy (non-hydrogen) atoms. The highest BCUT2D eigenvalue weighted by Crippen LogP contribution is 2.36. The number of benzene rings is 2. The molecule has 0 saturated heterocycles. The summed E-state index contributed by atoms with van der Waals surface area (Å²) in [5.41, 5.74) is 6.21. The van der Waals surface area contributed by atoms with Gasteiger partial charge in [0.25, 0.3) is 0 Å². The van der Waals surface area contributed by atoms with Gasteiger partial charge in [-0.15, -0.1) is 0 Å². The molecule has 1 aliphatic rings. The van der Waals surface area contributed by atoms with Crippen molar-refractivity contribution in [2.75, 3.05) is 5.32 Å². The van der Waals surface area contributed by atoms with E-state index in [9.17, 15) is 0 Å². The number of para-hydroxylation sites is 1. The summed E-state index contributed by atoms with van der Waals surface area (Å²) in [5, 5.41) is 3.58. The lowest BCUT2D eigenvalue weighted by atomic mass is 9.93. The van der Waals surface area contributed by atoms with Crippen LogP contribution in [0.15, 0.2) is 45.9 Å². The maximum Gasteiger partial charge on any atom is 0.133 e. The zero-order valence-corrected chi connectivity index (χ0v) is 15.0. The number of hydrogen-bond donors (Lipinski definition) is 1. The van der Waals surface area contributed by atoms with Crippen LogP contribution in [-0.2, 0) is 0 Å². The van der Waals surface area contributed by atoms with Crippen LogP contribution in [0.2, 0.25) is 0 Å². The van der Waals surface area contributed by atoms with Crippen LogP contribution in [0.4, 0.5) is 5.69 Å². The zero-order chi connectivity index (χ0) is 15.9. The fourth-order valence-corrected chi connectivity index (χ4v) is 3.60. The first-order valence-electron chi connectivity index (χ1n) is 7.71. The first kappa shape index (κ1) is 15.3. The number of anilines is 1. The third kappa shape index (κ3) is 2.82. The molecule has 1 aliphatic heterocycles. The predicted octanol–water partition coefficient (Wildman–Crippen LogP) is 5.81. The summed E-state index contributed by atoms with van der Waals surface area (Å²) in [7, 11) is 0. The molecule has 2 aromatic rings. The molecule has 3 rings (SSSR count). The molecular formula is C19H21BrN2. The summed E-state index contributed by atoms with van der Waals surface area (Å²) in [6.45, 7) is 8.73. The van der Waals surface area contributed by atoms with Crippen LogP contribution in [0.25, 0.3) is 0 Å². The zero-order valence-electron chi connectivity index (χ0n) is 13.4. The van der Waals surface area contributed by atoms with E-state index in [1.165, 1.54) is 22.4 Å². The monoisotopic (exact) mass is 356 g/mol. The third-order valence-electron chi connectivity index (χ3n) is 4.08. The molecule has 1 N–H and O–H groups in total. The Kier molecular flexibility index (Phi) is 4.09. The van der Waals surface area contributed by atoms with E-state index in [4.69, 9.17) is 4.99 Å². The molecule has 0 saturated carbocycles. The quantitative estimate of drug-likeness (QED) is 0.720. The van der Waals surface area contributed by atoms with Crippen LogP contribution >= 0.6 is 15.9 Å². The number of halogens is 1. The summed E-state index contributed by atoms with van der Waals surface area (Å²) < 4.78 is 1.09. The van der Waals surface area contributed by atoms with Crippen molar-refractivity contribution in [3.63, 3.8) is 0 Å². The van der Waals surface area contributed by atoms with E-state index in [-0.39, 0.29) is 6.04 Å². The Balaban J connectivity index is 2.08. The fraction of sp³-hybridized carbons (Fsp3) is 0.316. The van der Waals surface area contributed by atoms with E-state index in [0.717, 1.165) is 15.9 Å². The van der Waals surface area contributed by atoms with Gasteiger partial charge < -0.3 is 5.32 Å². The number of nitrogens with zero attached hydrogens (tertiary/aromatic N) is 1. The summed E-state index contributed by atoms with van der Waals surface area (Å²) in [6, 6.07) is 13.1. The molecule has 1 unspecified atom stereocenters. The Morgan fingerprint density at radius 3 is 2.64 bits per heavy atom. The lowest BCUT2D eigenvalue weighted by Gasteiger charge is -2.27. The van der Waals surface area contributed by atoms with E-state index in [1.807, 2.05) is 0 Å². The highest BCUT2D eigenvalue weighted by Gasteiger charge is 2.22. The van der Waals surface area contributed by atoms with Gasteiger partial charge in [0.2, 0.25) is 0 Å². The van der Waals surface area contributed by atoms with Gasteiger partial charge >= 0.3 is 0 Å². The van der Waals surface area contributed by atoms with Crippen LogP contribution in [-0.4, -0.2) is 5.84 Å². The van der Waals surface area contributed by atoms with E-state index in [1.54, 1.807) is 0 Å². The minimum absolute atomic E-state index is 0.171. The summed E-state index contributed by atoms with van der Waals surface area (Å²) in [5.74, 6) is 1.44. The molecular weight excluding hydrogens is 336 g/mol. The standard InChI is InChI=1S/C19H21BrN2/c1-11(2)16-6-5-7-17-13(4)21-19(22-18(16)17)14-8-12(3)9-15(20)10-14/h5-11,13H,1-4H3,(H,21,22). The molecule has 2 nitrogen and oxygen atoms in total. The Morgan fingerprint density at radius 1 is 1.18 bits per heavy atom. The molecule has 2 aromatic carbocycles. The van der Waals surface area contributed by atoms with Gasteiger partial charge in [-0.3, -0.25) is 4.99 Å². The van der Waals surface area contributed by atoms with Crippen LogP contribution in [0.3, 0.4) is 0 Å². The third-order valence-corrected chi connectivity index (χ3v) is 4.54. The molecule has 0 aromatic heterocycles. The van der Waals surface area contributed by atoms with Crippen LogP contribution in [0, 0.1) is 6.92 Å². The number of rotatable bonds is 2. The summed E-state index contributed by atoms with van der Waals surface area (Å²) in [4.78, 5) is 4.86. The van der Waals surface area contributed by atoms with Crippen molar-refractivity contribution >= 4 is 27.5 Å². The van der Waals surface area contributed by atoms with Crippen molar-refractivity contribution in [3.8, 4) is 0 Å². The second kappa shape index (κ2) is 5.88. The highest BCUT2D eigenvalue weighted by atomic mass is 79.9. The first-order chi connectivity index (χ1) is 10.5. The van der Waals surface area contributed by atoms with E-state index < -0.39 is 0 Å². The molecule has 1 atom stereocenters. The van der Waals surface area contributed by atoms with Gasteiger partial charge in [0.1, 0.15) is 5.84 Å². The molecule has 1 heterocycles. The van der Waals surface area contributed by atoms with Crippen molar-refractivity contribution in [2.24, 2.45) is 4.99 Å². The Morgan fingerprint density at radius 2 is 1.95 bits per heavy atom. The van der Waals surface area contributed by atoms with Gasteiger partial charge in [-0.1, -0.05) is 48.0 Å². The van der Waals surface area contributed by atoms with E-state index >= 15 is 0 Å². The maximum atomic E-state index is 4.86. The molecule has 0 bridgehead atoms. The average molecular weight is 357 g/mol. The molecule has 0 fully saturated rings. The largest absolute Gasteiger partial charge is 0.339 e. The summed E-state index contributed by atoms with van der Waals surface area (Å²) >= 11 is 3.58. The second-order valence-electron chi connectivity index (χ2n) is 6.26. The smallest absolute Gasteiger partial charge is 0.133 e. The maximum absolute atomic E-state index is 4.86. The van der Waals surface area contributed by atoms with Gasteiger partial charge in [0.15, 0.2) is 0 Å². The van der Waals surface area contributed by atoms with Gasteiger partial charge in [0, 0.05) is 21.3 Å². The highest BCUT2D eigenvalue weighted by molar-refractivity contribution is 9.10. The van der Waals surface area contributed by atoms with Crippen LogP contribution in [0.1, 0.15) is 55.0 Å². The predicted molar refractivity (Wildman–Crippen MR) is 98.0 cm³/mol. The van der Waals surface area contributed by atoms with E-state index in [0.29, 0.717) is 5.92 Å². The lowest BCUT2D eigenvalue weighted by Crippen LogP contribution is -2.22. The van der Waals surface area contributed by atoms with Crippen molar-refractivity contribution in [1.29, 1.82) is 0 Å². The van der Waals surface area contributed by atoms with Gasteiger partial charge in [-0.2, -0.15) is 0 Å². The van der Waals surface area contributed by atoms with Crippen molar-refractivity contribution in [3.05, 3.63) is 63.1 Å². The van der Waals surface area contributed by atoms with Gasteiger partial charge in [-0.05, 0) is 49.1 Å². The van der Waals surface area contributed by atoms with Crippen molar-refractivity contribution in [1.82, 2.24) is 0 Å². The van der Waals surface area contributed by atoms with Crippen LogP contribution < -0.4 is 5.32 Å². The van der Waals surface area contributed by atoms with E-state index in [2.05, 4.69) is 85.3 Å². The van der Waals surface area contributed by atoms with Gasteiger partial charge in [0.05, 0.1) is 6.04 Å². The Labute approximate surface area is 140 Å². The Hall–Kier alpha value is -1.61. The number of fused-ring (bicyclic) bond motifs is 1. The molecule has 114 valence electrons. The first-order valence-corrected chi connectivity index (χ1v) is 8.50. The second-order valence-corrected chi connectivity index (χ2v) is 7.18. The fourth-order valence-electron chi connectivity index (χ4n) is 3.00. The van der Waals surface area contributed by atoms with Crippen LogP contribution in [0.5, 0.6) is 0 Å². The van der Waals surface area contributed by atoms with Gasteiger partial charge in [-0.25, -0.2) is 0 Å². The lowest BCUT2D eigenvalue weighted by molar-refractivity contribution is 0.798. The Bertz CT molecular complexity index is 727. The van der Waals surface area contributed by atoms with Crippen molar-refractivity contribution in [2.45, 2.75) is 39.7 Å². The minimum atomic E-state index is 0.171. The molecule has 3 heteroatoms. The number of hydrogen-bond acceptors (Lipinski definition) is 2. The number of aryl methyl sites for hydroxylation is 1. The normalized spacial score (nSPS) is 17.0. The average Bonchev–Trinajstić information content (AvgIpc) is 2.45.